The van der Waals surface area contributed by atoms with E-state index in [0.717, 1.165) is 12.8 Å². The van der Waals surface area contributed by atoms with Crippen LogP contribution in [0.25, 0.3) is 0 Å². The summed E-state index contributed by atoms with van der Waals surface area (Å²) >= 11 is 0. The third-order valence-electron chi connectivity index (χ3n) is 4.18. The summed E-state index contributed by atoms with van der Waals surface area (Å²) in [6.07, 6.45) is 1.97. The summed E-state index contributed by atoms with van der Waals surface area (Å²) in [4.78, 5) is 25.5. The minimum absolute atomic E-state index is 0.0161. The molecule has 0 unspecified atom stereocenters. The lowest BCUT2D eigenvalue weighted by atomic mass is 10.1. The first-order valence-electron chi connectivity index (χ1n) is 8.73. The number of aryl methyl sites for hydroxylation is 1. The van der Waals surface area contributed by atoms with Gasteiger partial charge in [-0.1, -0.05) is 42.5 Å². The predicted octanol–water partition coefficient (Wildman–Crippen LogP) is 3.04. The third-order valence-corrected chi connectivity index (χ3v) is 4.18. The Labute approximate surface area is 154 Å². The SMILES string of the molecule is COCCN(CCCc1ccccc1)C(=O)Cc1cccc(C(=O)O)c1. The average molecular weight is 355 g/mol. The first-order valence-corrected chi connectivity index (χ1v) is 8.73. The van der Waals surface area contributed by atoms with Crippen LogP contribution in [-0.2, 0) is 22.4 Å². The van der Waals surface area contributed by atoms with Crippen molar-refractivity contribution in [1.82, 2.24) is 4.90 Å². The number of hydrogen-bond donors (Lipinski definition) is 1. The van der Waals surface area contributed by atoms with Crippen molar-refractivity contribution in [3.05, 3.63) is 71.3 Å². The molecule has 0 saturated carbocycles. The molecule has 138 valence electrons. The molecule has 0 bridgehead atoms. The molecule has 0 aliphatic heterocycles. The molecule has 0 heterocycles. The summed E-state index contributed by atoms with van der Waals surface area (Å²) in [5.74, 6) is -1.00. The molecule has 0 fully saturated rings. The molecule has 0 aliphatic carbocycles. The summed E-state index contributed by atoms with van der Waals surface area (Å²) in [6, 6.07) is 16.7. The number of hydrogen-bond acceptors (Lipinski definition) is 3. The summed E-state index contributed by atoms with van der Waals surface area (Å²) in [7, 11) is 1.61. The van der Waals surface area contributed by atoms with Gasteiger partial charge in [-0.05, 0) is 36.1 Å². The van der Waals surface area contributed by atoms with E-state index in [1.807, 2.05) is 18.2 Å². The molecular weight excluding hydrogens is 330 g/mol. The van der Waals surface area contributed by atoms with Crippen molar-refractivity contribution in [2.75, 3.05) is 26.8 Å². The number of carboxylic acids is 1. The Morgan fingerprint density at radius 3 is 2.42 bits per heavy atom. The molecule has 5 nitrogen and oxygen atoms in total. The standard InChI is InChI=1S/C21H25NO4/c1-26-14-13-22(12-6-10-17-7-3-2-4-8-17)20(23)16-18-9-5-11-19(15-18)21(24)25/h2-5,7-9,11,15H,6,10,12-14,16H2,1H3,(H,24,25). The number of carbonyl (C=O) groups excluding carboxylic acids is 1. The molecule has 2 rings (SSSR count). The highest BCUT2D eigenvalue weighted by molar-refractivity contribution is 5.88. The van der Waals surface area contributed by atoms with Gasteiger partial charge in [0.2, 0.25) is 5.91 Å². The number of benzene rings is 2. The van der Waals surface area contributed by atoms with Crippen molar-refractivity contribution in [3.8, 4) is 0 Å². The van der Waals surface area contributed by atoms with E-state index in [1.165, 1.54) is 11.6 Å². The van der Waals surface area contributed by atoms with Gasteiger partial charge >= 0.3 is 5.97 Å². The van der Waals surface area contributed by atoms with Crippen LogP contribution in [0.2, 0.25) is 0 Å². The van der Waals surface area contributed by atoms with E-state index in [2.05, 4.69) is 12.1 Å². The van der Waals surface area contributed by atoms with Crippen LogP contribution in [0.15, 0.2) is 54.6 Å². The summed E-state index contributed by atoms with van der Waals surface area (Å²) in [6.45, 7) is 1.66. The molecule has 0 aliphatic rings. The van der Waals surface area contributed by atoms with E-state index >= 15 is 0 Å². The fourth-order valence-electron chi connectivity index (χ4n) is 2.78. The second kappa shape index (κ2) is 10.4. The minimum Gasteiger partial charge on any atom is -0.478 e. The molecule has 26 heavy (non-hydrogen) atoms. The van der Waals surface area contributed by atoms with Gasteiger partial charge in [-0.15, -0.1) is 0 Å². The van der Waals surface area contributed by atoms with Gasteiger partial charge in [-0.25, -0.2) is 4.79 Å². The fourth-order valence-corrected chi connectivity index (χ4v) is 2.78. The molecule has 2 aromatic rings. The van der Waals surface area contributed by atoms with Crippen molar-refractivity contribution >= 4 is 11.9 Å². The number of aromatic carboxylic acids is 1. The van der Waals surface area contributed by atoms with E-state index in [-0.39, 0.29) is 17.9 Å². The Hall–Kier alpha value is -2.66. The van der Waals surface area contributed by atoms with Crippen LogP contribution in [0.1, 0.15) is 27.9 Å². The van der Waals surface area contributed by atoms with Gasteiger partial charge in [-0.3, -0.25) is 4.79 Å². The largest absolute Gasteiger partial charge is 0.478 e. The van der Waals surface area contributed by atoms with Gasteiger partial charge in [-0.2, -0.15) is 0 Å². The molecule has 1 amide bonds. The number of amides is 1. The number of ether oxygens (including phenoxy) is 1. The van der Waals surface area contributed by atoms with Crippen LogP contribution in [0.3, 0.4) is 0 Å². The molecule has 1 N–H and O–H groups in total. The lowest BCUT2D eigenvalue weighted by molar-refractivity contribution is -0.131. The molecule has 5 heteroatoms. The third kappa shape index (κ3) is 6.33. The lowest BCUT2D eigenvalue weighted by Crippen LogP contribution is -2.36. The first-order chi connectivity index (χ1) is 12.6. The number of nitrogens with zero attached hydrogens (tertiary/aromatic N) is 1. The summed E-state index contributed by atoms with van der Waals surface area (Å²) < 4.78 is 5.12. The van der Waals surface area contributed by atoms with Crippen LogP contribution in [-0.4, -0.2) is 48.7 Å². The van der Waals surface area contributed by atoms with E-state index in [0.29, 0.717) is 25.3 Å². The summed E-state index contributed by atoms with van der Waals surface area (Å²) in [5, 5.41) is 9.08. The topological polar surface area (TPSA) is 66.8 Å². The zero-order valence-corrected chi connectivity index (χ0v) is 15.1. The molecule has 0 spiro atoms. The Balaban J connectivity index is 1.95. The molecule has 0 radical (unpaired) electrons. The number of rotatable bonds is 10. The Bertz CT molecular complexity index is 715. The normalized spacial score (nSPS) is 10.5. The highest BCUT2D eigenvalue weighted by Gasteiger charge is 2.14. The van der Waals surface area contributed by atoms with Crippen molar-refractivity contribution in [1.29, 1.82) is 0 Å². The van der Waals surface area contributed by atoms with E-state index in [9.17, 15) is 9.59 Å². The first kappa shape index (κ1) is 19.7. The molecule has 0 atom stereocenters. The number of carboxylic acid groups (broad SMARTS) is 1. The molecule has 0 aromatic heterocycles. The van der Waals surface area contributed by atoms with Gasteiger partial charge in [0.1, 0.15) is 0 Å². The predicted molar refractivity (Wildman–Crippen MR) is 100 cm³/mol. The highest BCUT2D eigenvalue weighted by atomic mass is 16.5. The van der Waals surface area contributed by atoms with Crippen LogP contribution >= 0.6 is 0 Å². The van der Waals surface area contributed by atoms with Crippen LogP contribution in [0.4, 0.5) is 0 Å². The average Bonchev–Trinajstić information content (AvgIpc) is 2.65. The monoisotopic (exact) mass is 355 g/mol. The van der Waals surface area contributed by atoms with Crippen LogP contribution in [0.5, 0.6) is 0 Å². The summed E-state index contributed by atoms with van der Waals surface area (Å²) in [5.41, 5.74) is 2.16. The maximum atomic E-state index is 12.7. The van der Waals surface area contributed by atoms with Crippen molar-refractivity contribution in [3.63, 3.8) is 0 Å². The zero-order valence-electron chi connectivity index (χ0n) is 15.1. The quantitative estimate of drug-likeness (QED) is 0.711. The van der Waals surface area contributed by atoms with Crippen molar-refractivity contribution in [2.45, 2.75) is 19.3 Å². The fraction of sp³-hybridized carbons (Fsp3) is 0.333. The van der Waals surface area contributed by atoms with Gasteiger partial charge < -0.3 is 14.7 Å². The van der Waals surface area contributed by atoms with Crippen LogP contribution in [0, 0.1) is 0 Å². The van der Waals surface area contributed by atoms with Gasteiger partial charge in [0.05, 0.1) is 18.6 Å². The van der Waals surface area contributed by atoms with E-state index < -0.39 is 5.97 Å². The number of carbonyl (C=O) groups is 2. The van der Waals surface area contributed by atoms with Gasteiger partial charge in [0, 0.05) is 20.2 Å². The van der Waals surface area contributed by atoms with Gasteiger partial charge in [0.15, 0.2) is 0 Å². The second-order valence-corrected chi connectivity index (χ2v) is 6.15. The maximum absolute atomic E-state index is 12.7. The Morgan fingerprint density at radius 1 is 1.00 bits per heavy atom. The lowest BCUT2D eigenvalue weighted by Gasteiger charge is -2.22. The Morgan fingerprint density at radius 2 is 1.73 bits per heavy atom. The van der Waals surface area contributed by atoms with Crippen LogP contribution < -0.4 is 0 Å². The zero-order chi connectivity index (χ0) is 18.8. The smallest absolute Gasteiger partial charge is 0.335 e. The molecule has 0 saturated heterocycles. The Kier molecular flexibility index (Phi) is 7.83. The number of methoxy groups -OCH3 is 1. The molecule has 2 aromatic carbocycles. The van der Waals surface area contributed by atoms with E-state index in [1.54, 1.807) is 30.2 Å². The minimum atomic E-state index is -0.988. The highest BCUT2D eigenvalue weighted by Crippen LogP contribution is 2.09. The maximum Gasteiger partial charge on any atom is 0.335 e. The van der Waals surface area contributed by atoms with Gasteiger partial charge in [0.25, 0.3) is 0 Å². The van der Waals surface area contributed by atoms with Crippen molar-refractivity contribution in [2.24, 2.45) is 0 Å². The van der Waals surface area contributed by atoms with E-state index in [4.69, 9.17) is 9.84 Å². The molecular formula is C21H25NO4. The second-order valence-electron chi connectivity index (χ2n) is 6.15. The van der Waals surface area contributed by atoms with Crippen molar-refractivity contribution < 1.29 is 19.4 Å².